The van der Waals surface area contributed by atoms with E-state index in [1.807, 2.05) is 11.4 Å². The molecule has 0 saturated heterocycles. The van der Waals surface area contributed by atoms with Crippen LogP contribution in [-0.2, 0) is 10.0 Å². The normalized spacial score (nSPS) is 13.3. The van der Waals surface area contributed by atoms with Crippen LogP contribution >= 0.6 is 22.9 Å². The number of nitrogens with two attached hydrogens (primary N) is 1. The van der Waals surface area contributed by atoms with E-state index in [9.17, 15) is 12.8 Å². The fourth-order valence-corrected chi connectivity index (χ4v) is 4.13. The van der Waals surface area contributed by atoms with Gasteiger partial charge in [-0.05, 0) is 30.5 Å². The Balaban J connectivity index is 2.36. The van der Waals surface area contributed by atoms with Crippen molar-refractivity contribution in [3.63, 3.8) is 0 Å². The molecule has 4 nitrogen and oxygen atoms in total. The summed E-state index contributed by atoms with van der Waals surface area (Å²) in [7, 11) is -4.04. The largest absolute Gasteiger partial charge is 0.396 e. The number of nitrogen functional groups attached to an aromatic ring is 1. The quantitative estimate of drug-likeness (QED) is 0.843. The third-order valence-electron chi connectivity index (χ3n) is 2.62. The first-order valence-electron chi connectivity index (χ1n) is 5.61. The van der Waals surface area contributed by atoms with Crippen LogP contribution in [-0.4, -0.2) is 8.42 Å². The minimum absolute atomic E-state index is 0.0630. The molecule has 1 heterocycles. The summed E-state index contributed by atoms with van der Waals surface area (Å²) in [5.41, 5.74) is 5.09. The minimum Gasteiger partial charge on any atom is -0.396 e. The summed E-state index contributed by atoms with van der Waals surface area (Å²) in [5.74, 6) is -1.000. The third-order valence-corrected chi connectivity index (χ3v) is 5.44. The van der Waals surface area contributed by atoms with Crippen LogP contribution in [0, 0.1) is 5.82 Å². The fraction of sp³-hybridized carbons (Fsp3) is 0.167. The van der Waals surface area contributed by atoms with Crippen molar-refractivity contribution in [2.75, 3.05) is 5.73 Å². The minimum atomic E-state index is -4.04. The molecule has 1 unspecified atom stereocenters. The highest BCUT2D eigenvalue weighted by Gasteiger charge is 2.24. The number of halogens is 2. The predicted octanol–water partition coefficient (Wildman–Crippen LogP) is 3.16. The molecule has 0 radical (unpaired) electrons. The highest BCUT2D eigenvalue weighted by Crippen LogP contribution is 2.27. The van der Waals surface area contributed by atoms with Crippen LogP contribution in [0.2, 0.25) is 5.02 Å². The molecule has 108 valence electrons. The second-order valence-corrected chi connectivity index (χ2v) is 7.26. The van der Waals surface area contributed by atoms with Crippen LogP contribution in [0.3, 0.4) is 0 Å². The Hall–Kier alpha value is -1.15. The molecule has 1 aromatic heterocycles. The fourth-order valence-electron chi connectivity index (χ4n) is 1.67. The summed E-state index contributed by atoms with van der Waals surface area (Å²) in [6.45, 7) is 1.68. The highest BCUT2D eigenvalue weighted by molar-refractivity contribution is 7.89. The van der Waals surface area contributed by atoms with Crippen LogP contribution in [0.25, 0.3) is 0 Å². The van der Waals surface area contributed by atoms with Gasteiger partial charge in [0.1, 0.15) is 4.90 Å². The van der Waals surface area contributed by atoms with E-state index in [1.54, 1.807) is 13.0 Å². The van der Waals surface area contributed by atoms with Crippen molar-refractivity contribution in [2.24, 2.45) is 0 Å². The van der Waals surface area contributed by atoms with Gasteiger partial charge in [0.05, 0.1) is 11.7 Å². The van der Waals surface area contributed by atoms with Crippen molar-refractivity contribution in [1.82, 2.24) is 4.72 Å². The van der Waals surface area contributed by atoms with E-state index in [0.29, 0.717) is 0 Å². The maximum Gasteiger partial charge on any atom is 0.244 e. The molecule has 8 heteroatoms. The van der Waals surface area contributed by atoms with Gasteiger partial charge in [0, 0.05) is 9.90 Å². The van der Waals surface area contributed by atoms with Crippen molar-refractivity contribution in [3.8, 4) is 0 Å². The molecule has 0 spiro atoms. The monoisotopic (exact) mass is 334 g/mol. The Kier molecular flexibility index (Phi) is 4.33. The summed E-state index contributed by atoms with van der Waals surface area (Å²) < 4.78 is 40.7. The molecule has 0 bridgehead atoms. The lowest BCUT2D eigenvalue weighted by Crippen LogP contribution is -2.27. The summed E-state index contributed by atoms with van der Waals surface area (Å²) in [6.07, 6.45) is 0. The second kappa shape index (κ2) is 5.69. The van der Waals surface area contributed by atoms with Crippen LogP contribution in [0.5, 0.6) is 0 Å². The Morgan fingerprint density at radius 3 is 2.75 bits per heavy atom. The molecule has 0 aliphatic rings. The summed E-state index contributed by atoms with van der Waals surface area (Å²) >= 11 is 7.13. The van der Waals surface area contributed by atoms with Crippen LogP contribution in [0.1, 0.15) is 17.8 Å². The van der Waals surface area contributed by atoms with Crippen LogP contribution in [0.4, 0.5) is 10.1 Å². The average molecular weight is 335 g/mol. The van der Waals surface area contributed by atoms with Crippen molar-refractivity contribution in [2.45, 2.75) is 17.9 Å². The van der Waals surface area contributed by atoms with E-state index in [4.69, 9.17) is 17.3 Å². The molecule has 2 aromatic rings. The zero-order valence-corrected chi connectivity index (χ0v) is 12.8. The average Bonchev–Trinajstić information content (AvgIpc) is 2.86. The lowest BCUT2D eigenvalue weighted by atomic mass is 10.3. The molecule has 1 aromatic carbocycles. The first kappa shape index (κ1) is 15.2. The summed E-state index contributed by atoms with van der Waals surface area (Å²) in [4.78, 5) is 0.273. The lowest BCUT2D eigenvalue weighted by Gasteiger charge is -2.14. The molecule has 0 saturated carbocycles. The van der Waals surface area contributed by atoms with Crippen LogP contribution < -0.4 is 10.5 Å². The molecule has 1 atom stereocenters. The van der Waals surface area contributed by atoms with Gasteiger partial charge < -0.3 is 5.73 Å². The molecular weight excluding hydrogens is 323 g/mol. The topological polar surface area (TPSA) is 72.2 Å². The molecule has 3 N–H and O–H groups in total. The van der Waals surface area contributed by atoms with E-state index in [2.05, 4.69) is 4.72 Å². The summed E-state index contributed by atoms with van der Waals surface area (Å²) in [6, 6.07) is 5.33. The van der Waals surface area contributed by atoms with Gasteiger partial charge >= 0.3 is 0 Å². The molecule has 20 heavy (non-hydrogen) atoms. The second-order valence-electron chi connectivity index (χ2n) is 4.17. The molecule has 2 rings (SSSR count). The first-order valence-corrected chi connectivity index (χ1v) is 8.35. The van der Waals surface area contributed by atoms with Gasteiger partial charge in [-0.25, -0.2) is 17.5 Å². The predicted molar refractivity (Wildman–Crippen MR) is 78.9 cm³/mol. The number of hydrogen-bond donors (Lipinski definition) is 2. The number of anilines is 1. The van der Waals surface area contributed by atoms with Gasteiger partial charge in [-0.2, -0.15) is 0 Å². The van der Waals surface area contributed by atoms with Gasteiger partial charge in [0.25, 0.3) is 0 Å². The maximum atomic E-state index is 13.9. The Bertz CT molecular complexity index is 717. The van der Waals surface area contributed by atoms with Gasteiger partial charge in [0.2, 0.25) is 10.0 Å². The first-order chi connectivity index (χ1) is 9.31. The SMILES string of the molecule is CC(NS(=O)(=O)c1cc(Cl)cc(N)c1F)c1cccs1. The standard InChI is InChI=1S/C12H12ClFN2O2S2/c1-7(10-3-2-4-19-10)16-20(17,18)11-6-8(13)5-9(15)12(11)14/h2-7,16H,15H2,1H3. The van der Waals surface area contributed by atoms with Gasteiger partial charge in [-0.3, -0.25) is 0 Å². The Morgan fingerprint density at radius 1 is 1.45 bits per heavy atom. The van der Waals surface area contributed by atoms with Gasteiger partial charge in [-0.15, -0.1) is 11.3 Å². The molecule has 0 fully saturated rings. The smallest absolute Gasteiger partial charge is 0.244 e. The molecule has 0 aliphatic heterocycles. The van der Waals surface area contributed by atoms with Gasteiger partial charge in [-0.1, -0.05) is 17.7 Å². The summed E-state index contributed by atoms with van der Waals surface area (Å²) in [5, 5.41) is 1.89. The van der Waals surface area contributed by atoms with E-state index in [-0.39, 0.29) is 10.7 Å². The van der Waals surface area contributed by atoms with E-state index >= 15 is 0 Å². The number of rotatable bonds is 4. The van der Waals surface area contributed by atoms with E-state index in [0.717, 1.165) is 10.9 Å². The lowest BCUT2D eigenvalue weighted by molar-refractivity contribution is 0.549. The zero-order chi connectivity index (χ0) is 14.9. The number of nitrogens with one attached hydrogen (secondary N) is 1. The van der Waals surface area contributed by atoms with Crippen molar-refractivity contribution in [3.05, 3.63) is 45.4 Å². The molecule has 0 amide bonds. The van der Waals surface area contributed by atoms with E-state index in [1.165, 1.54) is 17.4 Å². The molecular formula is C12H12ClFN2O2S2. The number of thiophene rings is 1. The van der Waals surface area contributed by atoms with Gasteiger partial charge in [0.15, 0.2) is 5.82 Å². The van der Waals surface area contributed by atoms with Crippen LogP contribution in [0.15, 0.2) is 34.5 Å². The third kappa shape index (κ3) is 3.12. The van der Waals surface area contributed by atoms with E-state index < -0.39 is 26.8 Å². The zero-order valence-electron chi connectivity index (χ0n) is 10.4. The number of sulfonamides is 1. The molecule has 0 aliphatic carbocycles. The van der Waals surface area contributed by atoms with Crippen molar-refractivity contribution >= 4 is 38.6 Å². The van der Waals surface area contributed by atoms with Crippen molar-refractivity contribution < 1.29 is 12.8 Å². The Labute approximate surface area is 125 Å². The van der Waals surface area contributed by atoms with Crippen molar-refractivity contribution in [1.29, 1.82) is 0 Å². The maximum absolute atomic E-state index is 13.9. The Morgan fingerprint density at radius 2 is 2.15 bits per heavy atom. The highest BCUT2D eigenvalue weighted by atomic mass is 35.5. The number of benzene rings is 1. The number of hydrogen-bond acceptors (Lipinski definition) is 4.